The van der Waals surface area contributed by atoms with Gasteiger partial charge in [0.2, 0.25) is 12.6 Å². The molecule has 1 spiro atoms. The minimum absolute atomic E-state index is 0.222. The SMILES string of the molecule is C=CC(=C)CC[C@@]1(C)[C@H](C)[C@H](OC(C)=O)[C@H](O)[C@@]23C(=C[C@H](OC(=O)CCC)C[C@@H]12)[C@@H](OC(C)=O)O[C@H]3OC(C)=O. The van der Waals surface area contributed by atoms with Crippen LogP contribution >= 0.6 is 0 Å². The predicted octanol–water partition coefficient (Wildman–Crippen LogP) is 3.91. The van der Waals surface area contributed by atoms with E-state index in [4.69, 9.17) is 23.7 Å². The van der Waals surface area contributed by atoms with Gasteiger partial charge < -0.3 is 24.1 Å². The van der Waals surface area contributed by atoms with Gasteiger partial charge >= 0.3 is 23.9 Å². The second-order valence-corrected chi connectivity index (χ2v) is 11.3. The fourth-order valence-electron chi connectivity index (χ4n) is 6.82. The van der Waals surface area contributed by atoms with Gasteiger partial charge in [0, 0.05) is 38.7 Å². The van der Waals surface area contributed by atoms with Gasteiger partial charge in [-0.3, -0.25) is 23.9 Å². The highest BCUT2D eigenvalue weighted by Gasteiger charge is 2.74. The lowest BCUT2D eigenvalue weighted by molar-refractivity contribution is -0.276. The summed E-state index contributed by atoms with van der Waals surface area (Å²) in [5, 5.41) is 12.1. The quantitative estimate of drug-likeness (QED) is 0.181. The van der Waals surface area contributed by atoms with Crippen LogP contribution in [0.3, 0.4) is 0 Å². The molecule has 0 radical (unpaired) electrons. The van der Waals surface area contributed by atoms with Gasteiger partial charge in [-0.25, -0.2) is 0 Å². The maximum atomic E-state index is 12.6. The van der Waals surface area contributed by atoms with E-state index < -0.39 is 71.5 Å². The fourth-order valence-corrected chi connectivity index (χ4v) is 6.82. The van der Waals surface area contributed by atoms with Crippen molar-refractivity contribution in [3.05, 3.63) is 36.5 Å². The van der Waals surface area contributed by atoms with E-state index in [1.807, 2.05) is 20.8 Å². The maximum absolute atomic E-state index is 12.6. The molecule has 2 aliphatic carbocycles. The first kappa shape index (κ1) is 31.5. The number of allylic oxidation sites excluding steroid dienone is 2. The van der Waals surface area contributed by atoms with E-state index in [2.05, 4.69) is 13.2 Å². The number of ether oxygens (including phenoxy) is 5. The molecule has 3 aliphatic rings. The van der Waals surface area contributed by atoms with Gasteiger partial charge in [0.25, 0.3) is 0 Å². The molecule has 222 valence electrons. The summed E-state index contributed by atoms with van der Waals surface area (Å²) in [6.07, 6.45) is -0.399. The molecule has 1 saturated carbocycles. The van der Waals surface area contributed by atoms with Crippen LogP contribution in [0.2, 0.25) is 0 Å². The zero-order valence-corrected chi connectivity index (χ0v) is 24.3. The molecule has 10 heteroatoms. The molecule has 10 nitrogen and oxygen atoms in total. The van der Waals surface area contributed by atoms with Gasteiger partial charge in [0.15, 0.2) is 0 Å². The van der Waals surface area contributed by atoms with Crippen LogP contribution in [0.5, 0.6) is 0 Å². The van der Waals surface area contributed by atoms with Crippen LogP contribution in [0.4, 0.5) is 0 Å². The Balaban J connectivity index is 2.30. The monoisotopic (exact) mass is 562 g/mol. The van der Waals surface area contributed by atoms with Crippen molar-refractivity contribution in [3.8, 4) is 0 Å². The van der Waals surface area contributed by atoms with Gasteiger partial charge in [0.1, 0.15) is 18.3 Å². The summed E-state index contributed by atoms with van der Waals surface area (Å²) in [7, 11) is 0. The zero-order valence-electron chi connectivity index (χ0n) is 24.3. The van der Waals surface area contributed by atoms with Crippen LogP contribution in [-0.2, 0) is 42.9 Å². The van der Waals surface area contributed by atoms with Gasteiger partial charge in [-0.05, 0) is 43.1 Å². The van der Waals surface area contributed by atoms with E-state index in [0.717, 1.165) is 5.57 Å². The molecule has 1 aliphatic heterocycles. The summed E-state index contributed by atoms with van der Waals surface area (Å²) in [5.41, 5.74) is -1.07. The first-order valence-electron chi connectivity index (χ1n) is 13.8. The van der Waals surface area contributed by atoms with Gasteiger partial charge in [0.05, 0.1) is 5.41 Å². The Morgan fingerprint density at radius 3 is 2.25 bits per heavy atom. The number of carbonyl (C=O) groups excluding carboxylic acids is 4. The van der Waals surface area contributed by atoms with Crippen molar-refractivity contribution in [2.75, 3.05) is 0 Å². The third kappa shape index (κ3) is 5.74. The number of hydrogen-bond donors (Lipinski definition) is 1. The molecular formula is C30H42O10. The molecule has 1 saturated heterocycles. The Labute approximate surface area is 235 Å². The molecular weight excluding hydrogens is 520 g/mol. The van der Waals surface area contributed by atoms with Crippen LogP contribution in [0.15, 0.2) is 36.5 Å². The van der Waals surface area contributed by atoms with Crippen molar-refractivity contribution in [1.29, 1.82) is 0 Å². The molecule has 0 unspecified atom stereocenters. The summed E-state index contributed by atoms with van der Waals surface area (Å²) in [6.45, 7) is 17.3. The number of esters is 4. The average molecular weight is 563 g/mol. The Hall–Kier alpha value is -2.98. The Morgan fingerprint density at radius 1 is 1.07 bits per heavy atom. The summed E-state index contributed by atoms with van der Waals surface area (Å²) in [5.74, 6) is -3.23. The van der Waals surface area contributed by atoms with Crippen molar-refractivity contribution in [2.45, 2.75) is 105 Å². The predicted molar refractivity (Wildman–Crippen MR) is 143 cm³/mol. The average Bonchev–Trinajstić information content (AvgIpc) is 3.15. The number of aliphatic hydroxyl groups is 1. The third-order valence-electron chi connectivity index (χ3n) is 8.79. The molecule has 0 aromatic carbocycles. The maximum Gasteiger partial charge on any atom is 0.306 e. The molecule has 40 heavy (non-hydrogen) atoms. The van der Waals surface area contributed by atoms with Crippen molar-refractivity contribution < 1.29 is 48.0 Å². The first-order valence-corrected chi connectivity index (χ1v) is 13.8. The molecule has 3 rings (SSSR count). The number of rotatable bonds is 10. The van der Waals surface area contributed by atoms with Crippen molar-refractivity contribution in [2.24, 2.45) is 22.7 Å². The molecule has 1 heterocycles. The molecule has 9 atom stereocenters. The molecule has 0 amide bonds. The summed E-state index contributed by atoms with van der Waals surface area (Å²) < 4.78 is 28.8. The van der Waals surface area contributed by atoms with Gasteiger partial charge in [-0.2, -0.15) is 0 Å². The molecule has 1 N–H and O–H groups in total. The van der Waals surface area contributed by atoms with Gasteiger partial charge in [-0.1, -0.05) is 45.6 Å². The topological polar surface area (TPSA) is 135 Å². The summed E-state index contributed by atoms with van der Waals surface area (Å²) in [6, 6.07) is 0. The highest BCUT2D eigenvalue weighted by Crippen LogP contribution is 2.67. The lowest BCUT2D eigenvalue weighted by Gasteiger charge is -2.62. The normalized spacial score (nSPS) is 36.3. The summed E-state index contributed by atoms with van der Waals surface area (Å²) >= 11 is 0. The standard InChI is InChI=1S/C30H42O10/c1-9-11-24(34)39-21-14-22-27(37-19(6)32)40-28(38-20(7)33)30(22)23(15-21)29(8,13-12-16(3)10-2)17(4)25(26(30)35)36-18(5)31/h10,14,17,21,23,25-28,35H,2-3,9,11-13,15H2,1,4-8H3/t17-,21+,23+,25+,26+,27+,28-,29+,30-/m1/s1. The van der Waals surface area contributed by atoms with E-state index in [1.54, 1.807) is 12.2 Å². The lowest BCUT2D eigenvalue weighted by Crippen LogP contribution is -2.68. The third-order valence-corrected chi connectivity index (χ3v) is 8.79. The highest BCUT2D eigenvalue weighted by atomic mass is 16.8. The van der Waals surface area contributed by atoms with Crippen LogP contribution in [0.1, 0.15) is 73.6 Å². The van der Waals surface area contributed by atoms with E-state index in [-0.39, 0.29) is 18.8 Å². The molecule has 0 bridgehead atoms. The first-order chi connectivity index (χ1) is 18.7. The summed E-state index contributed by atoms with van der Waals surface area (Å²) in [4.78, 5) is 49.3. The Bertz CT molecular complexity index is 1080. The van der Waals surface area contributed by atoms with E-state index in [0.29, 0.717) is 24.8 Å². The molecule has 2 fully saturated rings. The minimum Gasteiger partial charge on any atom is -0.459 e. The van der Waals surface area contributed by atoms with Crippen molar-refractivity contribution in [3.63, 3.8) is 0 Å². The van der Waals surface area contributed by atoms with Crippen molar-refractivity contribution in [1.82, 2.24) is 0 Å². The highest BCUT2D eigenvalue weighted by molar-refractivity contribution is 5.70. The lowest BCUT2D eigenvalue weighted by atomic mass is 9.44. The number of hydrogen-bond acceptors (Lipinski definition) is 10. The van der Waals surface area contributed by atoms with Crippen LogP contribution in [-0.4, -0.2) is 59.9 Å². The molecule has 0 aromatic rings. The smallest absolute Gasteiger partial charge is 0.306 e. The number of carbonyl (C=O) groups is 4. The van der Waals surface area contributed by atoms with Gasteiger partial charge in [-0.15, -0.1) is 0 Å². The largest absolute Gasteiger partial charge is 0.459 e. The minimum atomic E-state index is -1.48. The Kier molecular flexibility index (Phi) is 9.67. The second kappa shape index (κ2) is 12.3. The second-order valence-electron chi connectivity index (χ2n) is 11.3. The van der Waals surface area contributed by atoms with Crippen molar-refractivity contribution >= 4 is 23.9 Å². The van der Waals surface area contributed by atoms with E-state index in [1.165, 1.54) is 20.8 Å². The van der Waals surface area contributed by atoms with E-state index >= 15 is 0 Å². The van der Waals surface area contributed by atoms with Crippen LogP contribution < -0.4 is 0 Å². The van der Waals surface area contributed by atoms with Crippen LogP contribution in [0.25, 0.3) is 0 Å². The Morgan fingerprint density at radius 2 is 1.70 bits per heavy atom. The zero-order chi connectivity index (χ0) is 30.0. The molecule has 0 aromatic heterocycles. The fraction of sp³-hybridized carbons (Fsp3) is 0.667. The van der Waals surface area contributed by atoms with Crippen LogP contribution in [0, 0.1) is 22.7 Å². The van der Waals surface area contributed by atoms with E-state index in [9.17, 15) is 24.3 Å². The number of aliphatic hydroxyl groups excluding tert-OH is 1.